The zero-order valence-electron chi connectivity index (χ0n) is 21.5. The number of nitrogens with zero attached hydrogens (tertiary/aromatic N) is 2. The fourth-order valence-electron chi connectivity index (χ4n) is 4.82. The molecule has 1 saturated heterocycles. The Bertz CT molecular complexity index is 1250. The van der Waals surface area contributed by atoms with Crippen molar-refractivity contribution in [2.45, 2.75) is 51.2 Å². The van der Waals surface area contributed by atoms with Crippen LogP contribution < -0.4 is 14.4 Å². The van der Waals surface area contributed by atoms with Crippen molar-refractivity contribution in [2.24, 2.45) is 5.92 Å². The van der Waals surface area contributed by atoms with Crippen molar-refractivity contribution in [3.05, 3.63) is 53.1 Å². The van der Waals surface area contributed by atoms with Crippen LogP contribution in [-0.2, 0) is 28.8 Å². The Morgan fingerprint density at radius 3 is 2.50 bits per heavy atom. The van der Waals surface area contributed by atoms with Crippen LogP contribution in [0.3, 0.4) is 0 Å². The van der Waals surface area contributed by atoms with Crippen LogP contribution in [0.15, 0.2) is 36.4 Å². The summed E-state index contributed by atoms with van der Waals surface area (Å²) in [5, 5.41) is 9.27. The molecule has 7 nitrogen and oxygen atoms in total. The SMILES string of the molecule is C[C@@H](Oc1ccc(COc2ccc3c(c2)CCN3C(=O)CN2CCCC(C(=O)O)C2)cc1C(F)(F)F)C(F)(F)F. The third-order valence-electron chi connectivity index (χ3n) is 6.98. The number of hydrogen-bond acceptors (Lipinski definition) is 5. The van der Waals surface area contributed by atoms with Crippen LogP contribution in [0, 0.1) is 5.92 Å². The van der Waals surface area contributed by atoms with Gasteiger partial charge in [-0.2, -0.15) is 26.3 Å². The highest BCUT2D eigenvalue weighted by Crippen LogP contribution is 2.39. The smallest absolute Gasteiger partial charge is 0.425 e. The number of rotatable bonds is 8. The van der Waals surface area contributed by atoms with Crippen molar-refractivity contribution in [1.82, 2.24) is 4.90 Å². The summed E-state index contributed by atoms with van der Waals surface area (Å²) in [7, 11) is 0. The van der Waals surface area contributed by atoms with Gasteiger partial charge in [-0.15, -0.1) is 0 Å². The summed E-state index contributed by atoms with van der Waals surface area (Å²) in [4.78, 5) is 27.7. The van der Waals surface area contributed by atoms with Crippen LogP contribution in [-0.4, -0.2) is 60.3 Å². The zero-order valence-corrected chi connectivity index (χ0v) is 21.5. The number of amides is 1. The number of carbonyl (C=O) groups is 2. The van der Waals surface area contributed by atoms with Gasteiger partial charge in [0.15, 0.2) is 6.10 Å². The summed E-state index contributed by atoms with van der Waals surface area (Å²) < 4.78 is 89.2. The van der Waals surface area contributed by atoms with Crippen molar-refractivity contribution in [3.63, 3.8) is 0 Å². The highest BCUT2D eigenvalue weighted by molar-refractivity contribution is 5.97. The number of alkyl halides is 6. The molecule has 40 heavy (non-hydrogen) atoms. The summed E-state index contributed by atoms with van der Waals surface area (Å²) in [6.07, 6.45) is -10.4. The lowest BCUT2D eigenvalue weighted by Gasteiger charge is -2.31. The Labute approximate surface area is 226 Å². The Morgan fingerprint density at radius 1 is 1.07 bits per heavy atom. The van der Waals surface area contributed by atoms with Crippen LogP contribution >= 0.6 is 0 Å². The minimum atomic E-state index is -4.94. The molecule has 2 aliphatic rings. The number of hydrogen-bond donors (Lipinski definition) is 1. The first-order chi connectivity index (χ1) is 18.7. The molecule has 2 atom stereocenters. The first-order valence-corrected chi connectivity index (χ1v) is 12.7. The first-order valence-electron chi connectivity index (χ1n) is 12.7. The van der Waals surface area contributed by atoms with Gasteiger partial charge in [0, 0.05) is 18.8 Å². The highest BCUT2D eigenvalue weighted by Gasteiger charge is 2.41. The van der Waals surface area contributed by atoms with Crippen LogP contribution in [0.25, 0.3) is 0 Å². The number of aliphatic carboxylic acids is 1. The second kappa shape index (κ2) is 11.6. The van der Waals surface area contributed by atoms with Crippen molar-refractivity contribution in [3.8, 4) is 11.5 Å². The molecular formula is C27H28F6N2O5. The van der Waals surface area contributed by atoms with Crippen molar-refractivity contribution in [2.75, 3.05) is 31.1 Å². The third-order valence-corrected chi connectivity index (χ3v) is 6.98. The van der Waals surface area contributed by atoms with Crippen LogP contribution in [0.1, 0.15) is 36.5 Å². The van der Waals surface area contributed by atoms with Crippen molar-refractivity contribution < 1.29 is 50.5 Å². The maximum absolute atomic E-state index is 13.5. The average Bonchev–Trinajstić information content (AvgIpc) is 3.30. The van der Waals surface area contributed by atoms with Gasteiger partial charge in [0.25, 0.3) is 0 Å². The van der Waals surface area contributed by atoms with Gasteiger partial charge in [-0.1, -0.05) is 6.07 Å². The molecule has 1 unspecified atom stereocenters. The molecule has 0 aliphatic carbocycles. The molecule has 0 spiro atoms. The zero-order chi connectivity index (χ0) is 29.2. The molecule has 1 amide bonds. The van der Waals surface area contributed by atoms with Gasteiger partial charge in [0.1, 0.15) is 18.1 Å². The number of likely N-dealkylation sites (tertiary alicyclic amines) is 1. The molecule has 4 rings (SSSR count). The van der Waals surface area contributed by atoms with E-state index >= 15 is 0 Å². The molecule has 2 aromatic rings. The molecule has 13 heteroatoms. The summed E-state index contributed by atoms with van der Waals surface area (Å²) >= 11 is 0. The monoisotopic (exact) mass is 574 g/mol. The molecule has 218 valence electrons. The van der Waals surface area contributed by atoms with E-state index in [0.717, 1.165) is 11.6 Å². The maximum atomic E-state index is 13.5. The van der Waals surface area contributed by atoms with Crippen molar-refractivity contribution >= 4 is 17.6 Å². The van der Waals surface area contributed by atoms with Gasteiger partial charge in [0.2, 0.25) is 5.91 Å². The summed E-state index contributed by atoms with van der Waals surface area (Å²) in [6, 6.07) is 7.70. The quantitative estimate of drug-likeness (QED) is 0.432. The molecule has 0 aromatic heterocycles. The van der Waals surface area contributed by atoms with Crippen LogP contribution in [0.5, 0.6) is 11.5 Å². The van der Waals surface area contributed by atoms with E-state index in [1.54, 1.807) is 23.1 Å². The highest BCUT2D eigenvalue weighted by atomic mass is 19.4. The van der Waals surface area contributed by atoms with E-state index in [-0.39, 0.29) is 24.6 Å². The maximum Gasteiger partial charge on any atom is 0.425 e. The van der Waals surface area contributed by atoms with E-state index in [9.17, 15) is 41.0 Å². The molecule has 0 radical (unpaired) electrons. The summed E-state index contributed by atoms with van der Waals surface area (Å²) in [5.74, 6) is -2.09. The number of ether oxygens (including phenoxy) is 2. The topological polar surface area (TPSA) is 79.3 Å². The van der Waals surface area contributed by atoms with E-state index in [1.807, 2.05) is 4.90 Å². The van der Waals surface area contributed by atoms with E-state index < -0.39 is 41.7 Å². The largest absolute Gasteiger partial charge is 0.489 e. The Morgan fingerprint density at radius 2 is 1.82 bits per heavy atom. The number of carboxylic acids is 1. The number of fused-ring (bicyclic) bond motifs is 1. The van der Waals surface area contributed by atoms with Gasteiger partial charge in [-0.25, -0.2) is 0 Å². The fraction of sp³-hybridized carbons (Fsp3) is 0.481. The molecule has 2 heterocycles. The lowest BCUT2D eigenvalue weighted by atomic mass is 9.98. The van der Waals surface area contributed by atoms with E-state index in [4.69, 9.17) is 4.74 Å². The molecule has 0 bridgehead atoms. The number of piperidine rings is 1. The van der Waals surface area contributed by atoms with Gasteiger partial charge in [-0.3, -0.25) is 14.5 Å². The Hall–Kier alpha value is -3.48. The Balaban J connectivity index is 1.40. The second-order valence-electron chi connectivity index (χ2n) is 9.92. The molecule has 1 fully saturated rings. The molecule has 2 aromatic carbocycles. The normalized spacial score (nSPS) is 18.8. The number of benzene rings is 2. The molecular weight excluding hydrogens is 546 g/mol. The predicted molar refractivity (Wildman–Crippen MR) is 131 cm³/mol. The first kappa shape index (κ1) is 29.5. The van der Waals surface area contributed by atoms with Gasteiger partial charge in [0.05, 0.1) is 18.0 Å². The van der Waals surface area contributed by atoms with Crippen LogP contribution in [0.2, 0.25) is 0 Å². The van der Waals surface area contributed by atoms with Gasteiger partial charge >= 0.3 is 18.3 Å². The average molecular weight is 575 g/mol. The van der Waals surface area contributed by atoms with E-state index in [1.165, 1.54) is 6.07 Å². The lowest BCUT2D eigenvalue weighted by Crippen LogP contribution is -2.45. The minimum absolute atomic E-state index is 0.0813. The number of carboxylic acid groups (broad SMARTS) is 1. The Kier molecular flexibility index (Phi) is 8.52. The lowest BCUT2D eigenvalue weighted by molar-refractivity contribution is -0.191. The number of halogens is 6. The summed E-state index contributed by atoms with van der Waals surface area (Å²) in [6.45, 7) is 1.85. The molecule has 0 saturated carbocycles. The van der Waals surface area contributed by atoms with Gasteiger partial charge in [-0.05, 0) is 74.2 Å². The minimum Gasteiger partial charge on any atom is -0.489 e. The predicted octanol–water partition coefficient (Wildman–Crippen LogP) is 5.30. The van der Waals surface area contributed by atoms with Gasteiger partial charge < -0.3 is 19.5 Å². The molecule has 2 aliphatic heterocycles. The van der Waals surface area contributed by atoms with E-state index in [0.29, 0.717) is 63.3 Å². The van der Waals surface area contributed by atoms with E-state index in [2.05, 4.69) is 4.74 Å². The molecule has 1 N–H and O–H groups in total. The fourth-order valence-corrected chi connectivity index (χ4v) is 4.82. The van der Waals surface area contributed by atoms with Crippen molar-refractivity contribution in [1.29, 1.82) is 0 Å². The number of carbonyl (C=O) groups excluding carboxylic acids is 1. The van der Waals surface area contributed by atoms with Crippen LogP contribution in [0.4, 0.5) is 32.0 Å². The third kappa shape index (κ3) is 6.98. The standard InChI is InChI=1S/C27H28F6N2O5/c1-16(26(28,29)30)40-23-7-4-17(11-21(23)27(31,32)33)15-39-20-5-6-22-18(12-20)8-10-35(22)24(36)14-34-9-2-3-19(13-34)25(37)38/h4-7,11-12,16,19H,2-3,8-10,13-15H2,1H3,(H,37,38)/t16-,19?/m1/s1. The number of anilines is 1. The second-order valence-corrected chi connectivity index (χ2v) is 9.92. The summed E-state index contributed by atoms with van der Waals surface area (Å²) in [5.41, 5.74) is 0.242.